The Morgan fingerprint density at radius 2 is 2.27 bits per heavy atom. The molecule has 0 amide bonds. The molecule has 22 heavy (non-hydrogen) atoms. The lowest BCUT2D eigenvalue weighted by Crippen LogP contribution is -2.40. The minimum atomic E-state index is -2.49. The van der Waals surface area contributed by atoms with E-state index in [0.29, 0.717) is 12.8 Å². The Labute approximate surface area is 135 Å². The van der Waals surface area contributed by atoms with Crippen molar-refractivity contribution in [3.8, 4) is 0 Å². The SMILES string of the molecule is CC(=O)OC1=CCCCC1N(c1ccc(Cl)cc1F)S(=O)O. The molecule has 0 heterocycles. The van der Waals surface area contributed by atoms with Crippen molar-refractivity contribution in [2.75, 3.05) is 4.31 Å². The summed E-state index contributed by atoms with van der Waals surface area (Å²) in [6, 6.07) is 3.12. The lowest BCUT2D eigenvalue weighted by molar-refractivity contribution is -0.137. The molecule has 0 aromatic heterocycles. The van der Waals surface area contributed by atoms with Crippen molar-refractivity contribution in [3.63, 3.8) is 0 Å². The fourth-order valence-corrected chi connectivity index (χ4v) is 3.27. The van der Waals surface area contributed by atoms with E-state index in [1.54, 1.807) is 6.08 Å². The lowest BCUT2D eigenvalue weighted by Gasteiger charge is -2.33. The van der Waals surface area contributed by atoms with Gasteiger partial charge in [-0.15, -0.1) is 0 Å². The molecule has 2 unspecified atom stereocenters. The number of carbonyl (C=O) groups excluding carboxylic acids is 1. The molecule has 0 fully saturated rings. The predicted octanol–water partition coefficient (Wildman–Crippen LogP) is 3.42. The van der Waals surface area contributed by atoms with E-state index in [0.717, 1.165) is 16.8 Å². The average molecular weight is 348 g/mol. The Kier molecular flexibility index (Phi) is 5.55. The normalized spacial score (nSPS) is 19.3. The van der Waals surface area contributed by atoms with Crippen molar-refractivity contribution in [2.24, 2.45) is 0 Å². The van der Waals surface area contributed by atoms with Crippen molar-refractivity contribution in [2.45, 2.75) is 32.2 Å². The van der Waals surface area contributed by atoms with Gasteiger partial charge in [-0.05, 0) is 43.5 Å². The minimum Gasteiger partial charge on any atom is -0.429 e. The van der Waals surface area contributed by atoms with E-state index in [4.69, 9.17) is 16.3 Å². The van der Waals surface area contributed by atoms with Crippen molar-refractivity contribution in [1.82, 2.24) is 0 Å². The molecule has 0 aliphatic heterocycles. The molecule has 0 radical (unpaired) electrons. The summed E-state index contributed by atoms with van der Waals surface area (Å²) in [6.07, 6.45) is 3.57. The summed E-state index contributed by atoms with van der Waals surface area (Å²) in [5.41, 5.74) is -0.0739. The minimum absolute atomic E-state index is 0.0739. The van der Waals surface area contributed by atoms with Gasteiger partial charge in [0.2, 0.25) is 0 Å². The second kappa shape index (κ2) is 7.21. The number of carbonyl (C=O) groups is 1. The number of anilines is 1. The first-order valence-electron chi connectivity index (χ1n) is 6.64. The summed E-state index contributed by atoms with van der Waals surface area (Å²) >= 11 is 3.22. The quantitative estimate of drug-likeness (QED) is 0.669. The zero-order valence-corrected chi connectivity index (χ0v) is 13.4. The summed E-state index contributed by atoms with van der Waals surface area (Å²) < 4.78 is 41.5. The van der Waals surface area contributed by atoms with Crippen LogP contribution in [0.5, 0.6) is 0 Å². The first-order valence-corrected chi connectivity index (χ1v) is 8.08. The third-order valence-electron chi connectivity index (χ3n) is 3.22. The maximum absolute atomic E-state index is 14.1. The van der Waals surface area contributed by atoms with Gasteiger partial charge in [-0.25, -0.2) is 8.60 Å². The highest BCUT2D eigenvalue weighted by molar-refractivity contribution is 7.80. The van der Waals surface area contributed by atoms with E-state index >= 15 is 0 Å². The van der Waals surface area contributed by atoms with Crippen LogP contribution in [0.3, 0.4) is 0 Å². The molecular formula is C14H15ClFNO4S. The van der Waals surface area contributed by atoms with Crippen LogP contribution < -0.4 is 4.31 Å². The highest BCUT2D eigenvalue weighted by Crippen LogP contribution is 2.32. The first kappa shape index (κ1) is 16.9. The van der Waals surface area contributed by atoms with Crippen molar-refractivity contribution >= 4 is 34.5 Å². The molecule has 1 aliphatic rings. The van der Waals surface area contributed by atoms with Crippen LogP contribution in [0.2, 0.25) is 5.02 Å². The van der Waals surface area contributed by atoms with Gasteiger partial charge in [-0.2, -0.15) is 0 Å². The average Bonchev–Trinajstić information content (AvgIpc) is 2.42. The van der Waals surface area contributed by atoms with Crippen LogP contribution in [0.15, 0.2) is 30.0 Å². The maximum Gasteiger partial charge on any atom is 0.307 e. The number of rotatable bonds is 4. The summed E-state index contributed by atoms with van der Waals surface area (Å²) in [5.74, 6) is -0.989. The van der Waals surface area contributed by atoms with Crippen LogP contribution in [0.25, 0.3) is 0 Å². The Hall–Kier alpha value is -1.44. The van der Waals surface area contributed by atoms with Gasteiger partial charge in [-0.3, -0.25) is 13.7 Å². The lowest BCUT2D eigenvalue weighted by atomic mass is 10.00. The first-order chi connectivity index (χ1) is 10.4. The van der Waals surface area contributed by atoms with E-state index < -0.39 is 29.1 Å². The molecular weight excluding hydrogens is 333 g/mol. The third kappa shape index (κ3) is 3.85. The van der Waals surface area contributed by atoms with Crippen LogP contribution >= 0.6 is 11.6 Å². The molecule has 1 aromatic carbocycles. The van der Waals surface area contributed by atoms with Crippen LogP contribution in [-0.4, -0.2) is 20.8 Å². The van der Waals surface area contributed by atoms with Crippen molar-refractivity contribution < 1.29 is 22.7 Å². The molecule has 8 heteroatoms. The van der Waals surface area contributed by atoms with Crippen molar-refractivity contribution in [3.05, 3.63) is 40.9 Å². The fraction of sp³-hybridized carbons (Fsp3) is 0.357. The molecule has 0 saturated heterocycles. The number of esters is 1. The summed E-state index contributed by atoms with van der Waals surface area (Å²) in [5, 5.41) is 0.185. The Bertz CT molecular complexity index is 637. The van der Waals surface area contributed by atoms with Gasteiger partial charge in [-0.1, -0.05) is 11.6 Å². The Morgan fingerprint density at radius 3 is 2.86 bits per heavy atom. The Balaban J connectivity index is 2.42. The number of ether oxygens (including phenoxy) is 1. The fourth-order valence-electron chi connectivity index (χ4n) is 2.36. The highest BCUT2D eigenvalue weighted by Gasteiger charge is 2.32. The van der Waals surface area contributed by atoms with Crippen LogP contribution in [0.1, 0.15) is 26.2 Å². The second-order valence-electron chi connectivity index (χ2n) is 4.80. The topological polar surface area (TPSA) is 66.8 Å². The molecule has 1 N–H and O–H groups in total. The summed E-state index contributed by atoms with van der Waals surface area (Å²) in [7, 11) is 0. The molecule has 120 valence electrons. The number of halogens is 2. The van der Waals surface area contributed by atoms with Crippen LogP contribution in [0.4, 0.5) is 10.1 Å². The molecule has 1 aromatic rings. The maximum atomic E-state index is 14.1. The van der Waals surface area contributed by atoms with Gasteiger partial charge in [0, 0.05) is 11.9 Å². The number of benzene rings is 1. The molecule has 1 aliphatic carbocycles. The van der Waals surface area contributed by atoms with Gasteiger partial charge in [0.1, 0.15) is 17.6 Å². The van der Waals surface area contributed by atoms with Crippen molar-refractivity contribution in [1.29, 1.82) is 0 Å². The van der Waals surface area contributed by atoms with Gasteiger partial charge >= 0.3 is 5.97 Å². The number of nitrogens with zero attached hydrogens (tertiary/aromatic N) is 1. The third-order valence-corrected chi connectivity index (χ3v) is 4.24. The van der Waals surface area contributed by atoms with E-state index in [1.807, 2.05) is 0 Å². The predicted molar refractivity (Wildman–Crippen MR) is 82.1 cm³/mol. The largest absolute Gasteiger partial charge is 0.429 e. The Morgan fingerprint density at radius 1 is 1.55 bits per heavy atom. The van der Waals surface area contributed by atoms with Gasteiger partial charge < -0.3 is 4.74 Å². The number of hydrogen-bond acceptors (Lipinski definition) is 3. The standard InChI is InChI=1S/C14H15ClFNO4S/c1-9(18)21-14-5-3-2-4-13(14)17(22(19)20)12-7-6-10(15)8-11(12)16/h5-8,13H,2-4H2,1H3,(H,19,20). The zero-order valence-electron chi connectivity index (χ0n) is 11.8. The smallest absolute Gasteiger partial charge is 0.307 e. The molecule has 0 spiro atoms. The zero-order chi connectivity index (χ0) is 16.3. The number of allylic oxidation sites excluding steroid dienone is 1. The van der Waals surface area contributed by atoms with Gasteiger partial charge in [0.25, 0.3) is 11.3 Å². The van der Waals surface area contributed by atoms with E-state index in [2.05, 4.69) is 0 Å². The van der Waals surface area contributed by atoms with Gasteiger partial charge in [0.15, 0.2) is 0 Å². The van der Waals surface area contributed by atoms with Crippen LogP contribution in [-0.2, 0) is 20.8 Å². The molecule has 0 saturated carbocycles. The second-order valence-corrected chi connectivity index (χ2v) is 6.09. The van der Waals surface area contributed by atoms with E-state index in [-0.39, 0.29) is 16.5 Å². The van der Waals surface area contributed by atoms with E-state index in [1.165, 1.54) is 19.1 Å². The highest BCUT2D eigenvalue weighted by atomic mass is 35.5. The molecule has 5 nitrogen and oxygen atoms in total. The summed E-state index contributed by atoms with van der Waals surface area (Å²) in [4.78, 5) is 11.2. The summed E-state index contributed by atoms with van der Waals surface area (Å²) in [6.45, 7) is 1.25. The molecule has 2 atom stereocenters. The molecule has 2 rings (SSSR count). The van der Waals surface area contributed by atoms with Crippen LogP contribution in [0, 0.1) is 5.82 Å². The monoisotopic (exact) mass is 347 g/mol. The van der Waals surface area contributed by atoms with Gasteiger partial charge in [0.05, 0.1) is 5.69 Å². The number of hydrogen-bond donors (Lipinski definition) is 1. The van der Waals surface area contributed by atoms with E-state index in [9.17, 15) is 17.9 Å². The molecule has 0 bridgehead atoms.